The Balaban J connectivity index is 1.72. The van der Waals surface area contributed by atoms with Crippen molar-refractivity contribution in [3.63, 3.8) is 0 Å². The largest absolute Gasteiger partial charge is 0.348 e. The number of hydrogen-bond donors (Lipinski definition) is 2. The molecule has 7 nitrogen and oxygen atoms in total. The molecule has 1 amide bonds. The van der Waals surface area contributed by atoms with Gasteiger partial charge in [-0.1, -0.05) is 29.5 Å². The minimum atomic E-state index is -0.535. The minimum absolute atomic E-state index is 0.139. The number of rotatable bonds is 4. The number of nitrogens with one attached hydrogen (secondary N) is 1. The van der Waals surface area contributed by atoms with Gasteiger partial charge in [0.15, 0.2) is 0 Å². The van der Waals surface area contributed by atoms with Crippen molar-refractivity contribution in [2.75, 3.05) is 0 Å². The van der Waals surface area contributed by atoms with Crippen molar-refractivity contribution in [3.05, 3.63) is 42.4 Å². The lowest BCUT2D eigenvalue weighted by Gasteiger charge is -2.16. The van der Waals surface area contributed by atoms with Crippen molar-refractivity contribution in [1.29, 1.82) is 0 Å². The predicted octanol–water partition coefficient (Wildman–Crippen LogP) is 2.77. The van der Waals surface area contributed by atoms with Crippen LogP contribution in [0.3, 0.4) is 0 Å². The summed E-state index contributed by atoms with van der Waals surface area (Å²) in [6, 6.07) is 7.34. The first-order valence-corrected chi connectivity index (χ1v) is 9.48. The van der Waals surface area contributed by atoms with E-state index in [0.717, 1.165) is 37.5 Å². The molecule has 0 aliphatic carbocycles. The van der Waals surface area contributed by atoms with Gasteiger partial charge in [0.2, 0.25) is 5.91 Å². The van der Waals surface area contributed by atoms with Crippen LogP contribution in [0.1, 0.15) is 25.5 Å². The van der Waals surface area contributed by atoms with E-state index in [1.165, 1.54) is 0 Å². The molecule has 3 aromatic heterocycles. The van der Waals surface area contributed by atoms with Gasteiger partial charge in [0.25, 0.3) is 0 Å². The van der Waals surface area contributed by atoms with E-state index in [2.05, 4.69) is 15.3 Å². The normalized spacial score (nSPS) is 13.8. The number of carbonyl (C=O) groups is 1. The average molecular weight is 380 g/mol. The highest BCUT2D eigenvalue weighted by molar-refractivity contribution is 7.21. The highest BCUT2D eigenvalue weighted by atomic mass is 32.1. The number of fused-ring (bicyclic) bond motifs is 3. The Kier molecular flexibility index (Phi) is 4.37. The van der Waals surface area contributed by atoms with Crippen LogP contribution >= 0.6 is 11.3 Å². The molecule has 8 heteroatoms. The lowest BCUT2D eigenvalue weighted by atomic mass is 10.1. The zero-order valence-corrected chi connectivity index (χ0v) is 16.1. The van der Waals surface area contributed by atoms with Crippen LogP contribution in [0.15, 0.2) is 36.8 Å². The van der Waals surface area contributed by atoms with Crippen molar-refractivity contribution in [1.82, 2.24) is 24.8 Å². The first-order valence-electron chi connectivity index (χ1n) is 8.67. The highest BCUT2D eigenvalue weighted by Crippen LogP contribution is 2.33. The second-order valence-electron chi connectivity index (χ2n) is 6.66. The van der Waals surface area contributed by atoms with Gasteiger partial charge in [0.05, 0.1) is 30.1 Å². The Hall–Kier alpha value is -2.84. The van der Waals surface area contributed by atoms with Gasteiger partial charge in [-0.3, -0.25) is 4.79 Å². The third-order valence-electron chi connectivity index (χ3n) is 4.51. The SMILES string of the molecule is C[C@H](N)C(=O)N[C@@H](C)c1cccc(-c2nc3c(ncc4ncn(C)c43)s2)c1. The van der Waals surface area contributed by atoms with Crippen LogP contribution in [0.2, 0.25) is 0 Å². The molecule has 27 heavy (non-hydrogen) atoms. The number of pyridine rings is 1. The zero-order valence-electron chi connectivity index (χ0n) is 15.3. The molecule has 0 fully saturated rings. The van der Waals surface area contributed by atoms with Crippen LogP contribution in [-0.4, -0.2) is 31.5 Å². The van der Waals surface area contributed by atoms with Crippen molar-refractivity contribution in [3.8, 4) is 10.6 Å². The molecule has 2 atom stereocenters. The minimum Gasteiger partial charge on any atom is -0.348 e. The number of hydrogen-bond acceptors (Lipinski definition) is 6. The summed E-state index contributed by atoms with van der Waals surface area (Å²) in [6.45, 7) is 3.62. The third-order valence-corrected chi connectivity index (χ3v) is 5.52. The summed E-state index contributed by atoms with van der Waals surface area (Å²) < 4.78 is 1.96. The maximum Gasteiger partial charge on any atom is 0.237 e. The van der Waals surface area contributed by atoms with Gasteiger partial charge in [0, 0.05) is 12.6 Å². The third kappa shape index (κ3) is 3.17. The first kappa shape index (κ1) is 17.6. The van der Waals surface area contributed by atoms with Crippen LogP contribution in [0, 0.1) is 0 Å². The number of thiazole rings is 1. The molecule has 0 bridgehead atoms. The van der Waals surface area contributed by atoms with Crippen molar-refractivity contribution >= 4 is 38.6 Å². The van der Waals surface area contributed by atoms with Gasteiger partial charge >= 0.3 is 0 Å². The molecule has 0 saturated carbocycles. The van der Waals surface area contributed by atoms with Gasteiger partial charge in [-0.15, -0.1) is 0 Å². The summed E-state index contributed by atoms with van der Waals surface area (Å²) in [4.78, 5) is 26.4. The van der Waals surface area contributed by atoms with Gasteiger partial charge in [-0.2, -0.15) is 0 Å². The van der Waals surface area contributed by atoms with Crippen molar-refractivity contribution in [2.45, 2.75) is 25.9 Å². The average Bonchev–Trinajstić information content (AvgIpc) is 3.25. The smallest absolute Gasteiger partial charge is 0.237 e. The maximum atomic E-state index is 11.9. The number of nitrogens with two attached hydrogens (primary N) is 1. The van der Waals surface area contributed by atoms with Crippen LogP contribution in [0.25, 0.3) is 32.0 Å². The fraction of sp³-hybridized carbons (Fsp3) is 0.263. The fourth-order valence-electron chi connectivity index (χ4n) is 3.00. The number of amides is 1. The Morgan fingerprint density at radius 2 is 2.11 bits per heavy atom. The summed E-state index contributed by atoms with van der Waals surface area (Å²) in [6.07, 6.45) is 3.55. The van der Waals surface area contributed by atoms with Gasteiger partial charge in [-0.25, -0.2) is 15.0 Å². The molecule has 3 N–H and O–H groups in total. The van der Waals surface area contributed by atoms with E-state index in [1.807, 2.05) is 42.8 Å². The van der Waals surface area contributed by atoms with E-state index in [-0.39, 0.29) is 11.9 Å². The number of aromatic nitrogens is 4. The van der Waals surface area contributed by atoms with Crippen LogP contribution in [0.5, 0.6) is 0 Å². The molecule has 0 saturated heterocycles. The van der Waals surface area contributed by atoms with Gasteiger partial charge in [-0.05, 0) is 25.5 Å². The molecule has 0 radical (unpaired) electrons. The van der Waals surface area contributed by atoms with Crippen molar-refractivity contribution in [2.24, 2.45) is 12.8 Å². The van der Waals surface area contributed by atoms with E-state index in [0.29, 0.717) is 0 Å². The molecule has 1 aromatic carbocycles. The maximum absolute atomic E-state index is 11.9. The van der Waals surface area contributed by atoms with Gasteiger partial charge in [0.1, 0.15) is 20.9 Å². The number of benzene rings is 1. The quantitative estimate of drug-likeness (QED) is 0.567. The second-order valence-corrected chi connectivity index (χ2v) is 7.64. The van der Waals surface area contributed by atoms with E-state index in [9.17, 15) is 4.79 Å². The van der Waals surface area contributed by atoms with E-state index < -0.39 is 6.04 Å². The second kappa shape index (κ2) is 6.71. The molecule has 3 heterocycles. The van der Waals surface area contributed by atoms with E-state index >= 15 is 0 Å². The Morgan fingerprint density at radius 3 is 2.89 bits per heavy atom. The molecule has 4 aromatic rings. The van der Waals surface area contributed by atoms with Crippen LogP contribution < -0.4 is 11.1 Å². The molecular formula is C19H20N6OS. The van der Waals surface area contributed by atoms with Crippen LogP contribution in [-0.2, 0) is 11.8 Å². The molecular weight excluding hydrogens is 360 g/mol. The topological polar surface area (TPSA) is 98.7 Å². The molecule has 0 aliphatic heterocycles. The highest BCUT2D eigenvalue weighted by Gasteiger charge is 2.16. The number of carbonyl (C=O) groups excluding carboxylic acids is 1. The number of aryl methyl sites for hydroxylation is 1. The fourth-order valence-corrected chi connectivity index (χ4v) is 3.91. The lowest BCUT2D eigenvalue weighted by Crippen LogP contribution is -2.39. The summed E-state index contributed by atoms with van der Waals surface area (Å²) in [7, 11) is 1.96. The number of imidazole rings is 1. The Labute approximate surface area is 160 Å². The molecule has 0 spiro atoms. The molecule has 0 aliphatic rings. The van der Waals surface area contributed by atoms with E-state index in [1.54, 1.807) is 30.8 Å². The number of nitrogens with zero attached hydrogens (tertiary/aromatic N) is 4. The van der Waals surface area contributed by atoms with Crippen LogP contribution in [0.4, 0.5) is 0 Å². The summed E-state index contributed by atoms with van der Waals surface area (Å²) >= 11 is 1.55. The van der Waals surface area contributed by atoms with E-state index in [4.69, 9.17) is 10.7 Å². The monoisotopic (exact) mass is 380 g/mol. The first-order chi connectivity index (χ1) is 12.9. The zero-order chi connectivity index (χ0) is 19.1. The molecule has 0 unspecified atom stereocenters. The Bertz CT molecular complexity index is 1150. The predicted molar refractivity (Wildman–Crippen MR) is 107 cm³/mol. The summed E-state index contributed by atoms with van der Waals surface area (Å²) in [5.74, 6) is -0.171. The lowest BCUT2D eigenvalue weighted by molar-refractivity contribution is -0.122. The van der Waals surface area contributed by atoms with Crippen molar-refractivity contribution < 1.29 is 4.79 Å². The molecule has 4 rings (SSSR count). The Morgan fingerprint density at radius 1 is 1.30 bits per heavy atom. The van der Waals surface area contributed by atoms with Gasteiger partial charge < -0.3 is 15.6 Å². The summed E-state index contributed by atoms with van der Waals surface area (Å²) in [5.41, 5.74) is 10.3. The summed E-state index contributed by atoms with van der Waals surface area (Å²) in [5, 5.41) is 3.81. The standard InChI is InChI=1S/C19H20N6OS/c1-10(20)17(26)23-11(2)12-5-4-6-13(7-12)18-24-15-16-14(22-9-25(16)3)8-21-19(15)27-18/h4-11H,20H2,1-3H3,(H,23,26)/t10-,11-/m0/s1. The molecule has 138 valence electrons.